The minimum atomic E-state index is -1.01. The van der Waals surface area contributed by atoms with Gasteiger partial charge in [-0.15, -0.1) is 0 Å². The smallest absolute Gasteiger partial charge is 0.304 e. The summed E-state index contributed by atoms with van der Waals surface area (Å²) in [5.74, 6) is -3.41. The first-order chi connectivity index (χ1) is 7.54. The van der Waals surface area contributed by atoms with Gasteiger partial charge in [0.25, 0.3) is 0 Å². The van der Waals surface area contributed by atoms with Crippen LogP contribution in [0.15, 0.2) is 18.2 Å². The maximum Gasteiger partial charge on any atom is 0.304 e. The molecule has 0 saturated heterocycles. The molecule has 0 fully saturated rings. The monoisotopic (exact) mass is 230 g/mol. The lowest BCUT2D eigenvalue weighted by Gasteiger charge is -2.14. The molecule has 1 aromatic rings. The molecule has 0 spiro atoms. The lowest BCUT2D eigenvalue weighted by atomic mass is 9.96. The minimum absolute atomic E-state index is 0.150. The van der Waals surface area contributed by atoms with Crippen molar-refractivity contribution in [2.24, 2.45) is 0 Å². The fraction of sp³-hybridized carbons (Fsp3) is 0.364. The van der Waals surface area contributed by atoms with Crippen LogP contribution in [0.25, 0.3) is 0 Å². The van der Waals surface area contributed by atoms with Gasteiger partial charge in [-0.3, -0.25) is 4.79 Å². The van der Waals surface area contributed by atoms with Crippen molar-refractivity contribution < 1.29 is 23.4 Å². The second kappa shape index (κ2) is 5.55. The lowest BCUT2D eigenvalue weighted by molar-refractivity contribution is -0.137. The molecule has 0 aliphatic rings. The van der Waals surface area contributed by atoms with E-state index in [9.17, 15) is 13.6 Å². The van der Waals surface area contributed by atoms with Gasteiger partial charge in [0.2, 0.25) is 0 Å². The summed E-state index contributed by atoms with van der Waals surface area (Å²) < 4.78 is 30.5. The number of methoxy groups -OCH3 is 1. The molecule has 0 amide bonds. The minimum Gasteiger partial charge on any atom is -0.481 e. The van der Waals surface area contributed by atoms with Gasteiger partial charge in [0.1, 0.15) is 0 Å². The van der Waals surface area contributed by atoms with E-state index in [2.05, 4.69) is 0 Å². The fourth-order valence-corrected chi connectivity index (χ4v) is 1.45. The van der Waals surface area contributed by atoms with Crippen molar-refractivity contribution in [3.8, 4) is 0 Å². The van der Waals surface area contributed by atoms with Crippen molar-refractivity contribution in [1.29, 1.82) is 0 Å². The standard InChI is InChI=1S/C11H12F2O3/c1-16-6-8(5-11(14)15)7-2-3-9(12)10(13)4-7/h2-4,8H,5-6H2,1H3,(H,14,15). The van der Waals surface area contributed by atoms with Crippen molar-refractivity contribution in [2.75, 3.05) is 13.7 Å². The van der Waals surface area contributed by atoms with Gasteiger partial charge in [-0.05, 0) is 17.7 Å². The third kappa shape index (κ3) is 3.27. The summed E-state index contributed by atoms with van der Waals surface area (Å²) in [5.41, 5.74) is 0.420. The Balaban J connectivity index is 2.91. The summed E-state index contributed by atoms with van der Waals surface area (Å²) in [5, 5.41) is 8.67. The van der Waals surface area contributed by atoms with Gasteiger partial charge in [-0.1, -0.05) is 6.07 Å². The first-order valence-electron chi connectivity index (χ1n) is 4.70. The Hall–Kier alpha value is -1.49. The number of aliphatic carboxylic acids is 1. The van der Waals surface area contributed by atoms with Gasteiger partial charge in [0.05, 0.1) is 13.0 Å². The van der Waals surface area contributed by atoms with Crippen molar-refractivity contribution in [3.05, 3.63) is 35.4 Å². The predicted octanol–water partition coefficient (Wildman–Crippen LogP) is 2.17. The topological polar surface area (TPSA) is 46.5 Å². The quantitative estimate of drug-likeness (QED) is 0.843. The molecule has 0 radical (unpaired) electrons. The van der Waals surface area contributed by atoms with E-state index in [4.69, 9.17) is 9.84 Å². The SMILES string of the molecule is COCC(CC(=O)O)c1ccc(F)c(F)c1. The molecule has 1 unspecified atom stereocenters. The third-order valence-corrected chi connectivity index (χ3v) is 2.20. The van der Waals surface area contributed by atoms with Crippen LogP contribution >= 0.6 is 0 Å². The van der Waals surface area contributed by atoms with Gasteiger partial charge >= 0.3 is 5.97 Å². The Morgan fingerprint density at radius 2 is 2.12 bits per heavy atom. The molecule has 0 aromatic heterocycles. The zero-order chi connectivity index (χ0) is 12.1. The van der Waals surface area contributed by atoms with Crippen molar-refractivity contribution in [2.45, 2.75) is 12.3 Å². The number of halogens is 2. The third-order valence-electron chi connectivity index (χ3n) is 2.20. The van der Waals surface area contributed by atoms with E-state index in [-0.39, 0.29) is 13.0 Å². The van der Waals surface area contributed by atoms with Gasteiger partial charge in [0.15, 0.2) is 11.6 Å². The number of ether oxygens (including phenoxy) is 1. The zero-order valence-electron chi connectivity index (χ0n) is 8.74. The van der Waals surface area contributed by atoms with Crippen LogP contribution < -0.4 is 0 Å². The van der Waals surface area contributed by atoms with Gasteiger partial charge in [-0.2, -0.15) is 0 Å². The van der Waals surface area contributed by atoms with Crippen LogP contribution in [-0.4, -0.2) is 24.8 Å². The molecule has 0 bridgehead atoms. The van der Waals surface area contributed by atoms with Crippen molar-refractivity contribution >= 4 is 5.97 Å². The Kier molecular flexibility index (Phi) is 4.37. The maximum absolute atomic E-state index is 13.0. The molecule has 5 heteroatoms. The molecule has 16 heavy (non-hydrogen) atoms. The van der Waals surface area contributed by atoms with Crippen LogP contribution in [0.1, 0.15) is 17.9 Å². The molecule has 0 aliphatic heterocycles. The van der Waals surface area contributed by atoms with Crippen LogP contribution in [0, 0.1) is 11.6 Å². The van der Waals surface area contributed by atoms with E-state index < -0.39 is 23.5 Å². The first kappa shape index (κ1) is 12.6. The highest BCUT2D eigenvalue weighted by Gasteiger charge is 2.17. The molecular weight excluding hydrogens is 218 g/mol. The number of carboxylic acid groups (broad SMARTS) is 1. The maximum atomic E-state index is 13.0. The molecule has 0 heterocycles. The number of benzene rings is 1. The van der Waals surface area contributed by atoms with Crippen molar-refractivity contribution in [3.63, 3.8) is 0 Å². The number of rotatable bonds is 5. The average molecular weight is 230 g/mol. The largest absolute Gasteiger partial charge is 0.481 e. The average Bonchev–Trinajstić information content (AvgIpc) is 2.21. The summed E-state index contributed by atoms with van der Waals surface area (Å²) in [6.07, 6.45) is -0.182. The van der Waals surface area contributed by atoms with Crippen LogP contribution in [0.4, 0.5) is 8.78 Å². The highest BCUT2D eigenvalue weighted by molar-refractivity contribution is 5.68. The number of carbonyl (C=O) groups is 1. The number of hydrogen-bond acceptors (Lipinski definition) is 2. The molecule has 1 rings (SSSR count). The number of hydrogen-bond donors (Lipinski definition) is 1. The number of carboxylic acids is 1. The van der Waals surface area contributed by atoms with Crippen LogP contribution in [-0.2, 0) is 9.53 Å². The Labute approximate surface area is 91.7 Å². The zero-order valence-corrected chi connectivity index (χ0v) is 8.74. The molecule has 0 saturated carbocycles. The summed E-state index contributed by atoms with van der Waals surface area (Å²) in [4.78, 5) is 10.6. The van der Waals surface area contributed by atoms with Crippen LogP contribution in [0.2, 0.25) is 0 Å². The van der Waals surface area contributed by atoms with Crippen molar-refractivity contribution in [1.82, 2.24) is 0 Å². The van der Waals surface area contributed by atoms with E-state index in [1.807, 2.05) is 0 Å². The molecule has 1 N–H and O–H groups in total. The molecule has 1 aromatic carbocycles. The van der Waals surface area contributed by atoms with E-state index in [0.29, 0.717) is 5.56 Å². The lowest BCUT2D eigenvalue weighted by Crippen LogP contribution is -2.12. The Morgan fingerprint density at radius 1 is 1.44 bits per heavy atom. The molecular formula is C11H12F2O3. The molecule has 3 nitrogen and oxygen atoms in total. The predicted molar refractivity (Wildman–Crippen MR) is 53.2 cm³/mol. The van der Waals surface area contributed by atoms with Gasteiger partial charge in [-0.25, -0.2) is 8.78 Å². The molecule has 1 atom stereocenters. The normalized spacial score (nSPS) is 12.4. The summed E-state index contributed by atoms with van der Waals surface area (Å²) in [6, 6.07) is 3.35. The van der Waals surface area contributed by atoms with E-state index >= 15 is 0 Å². The Morgan fingerprint density at radius 3 is 2.62 bits per heavy atom. The Bertz CT molecular complexity index is 379. The molecule has 88 valence electrons. The summed E-state index contributed by atoms with van der Waals surface area (Å²) in [7, 11) is 1.43. The van der Waals surface area contributed by atoms with E-state index in [1.165, 1.54) is 13.2 Å². The second-order valence-corrected chi connectivity index (χ2v) is 3.42. The molecule has 0 aliphatic carbocycles. The fourth-order valence-electron chi connectivity index (χ4n) is 1.45. The van der Waals surface area contributed by atoms with E-state index in [1.54, 1.807) is 0 Å². The summed E-state index contributed by atoms with van der Waals surface area (Å²) in [6.45, 7) is 0.150. The first-order valence-corrected chi connectivity index (χ1v) is 4.70. The second-order valence-electron chi connectivity index (χ2n) is 3.42. The highest BCUT2D eigenvalue weighted by atomic mass is 19.2. The van der Waals surface area contributed by atoms with Gasteiger partial charge < -0.3 is 9.84 Å². The van der Waals surface area contributed by atoms with E-state index in [0.717, 1.165) is 12.1 Å². The summed E-state index contributed by atoms with van der Waals surface area (Å²) >= 11 is 0. The van der Waals surface area contributed by atoms with Crippen LogP contribution in [0.3, 0.4) is 0 Å². The highest BCUT2D eigenvalue weighted by Crippen LogP contribution is 2.22. The van der Waals surface area contributed by atoms with Gasteiger partial charge in [0, 0.05) is 13.0 Å². The van der Waals surface area contributed by atoms with Crippen LogP contribution in [0.5, 0.6) is 0 Å².